The van der Waals surface area contributed by atoms with Crippen LogP contribution in [0.4, 0.5) is 5.69 Å². The molecular weight excluding hydrogens is 418 g/mol. The maximum Gasteiger partial charge on any atom is 0.244 e. The van der Waals surface area contributed by atoms with E-state index in [9.17, 15) is 21.6 Å². The number of anilines is 1. The van der Waals surface area contributed by atoms with E-state index >= 15 is 0 Å². The van der Waals surface area contributed by atoms with Crippen LogP contribution in [0.3, 0.4) is 0 Å². The molecule has 1 aliphatic heterocycles. The molecule has 10 nitrogen and oxygen atoms in total. The molecule has 3 rings (SSSR count). The molecule has 1 aromatic heterocycles. The second-order valence-corrected chi connectivity index (χ2v) is 9.99. The van der Waals surface area contributed by atoms with Gasteiger partial charge in [-0.05, 0) is 30.3 Å². The summed E-state index contributed by atoms with van der Waals surface area (Å²) in [5.41, 5.74) is 0.319. The molecule has 0 radical (unpaired) electrons. The third kappa shape index (κ3) is 5.36. The minimum Gasteiger partial charge on any atom is -0.325 e. The van der Waals surface area contributed by atoms with Gasteiger partial charge in [0, 0.05) is 44.3 Å². The lowest BCUT2D eigenvalue weighted by Gasteiger charge is -2.33. The zero-order chi connectivity index (χ0) is 21.1. The standard InChI is InChI=1S/C17H21N5O5S2/c18-28(24,25)15-4-1-3-14(11-15)20-17(23)13-21-7-9-22(10-8-21)29(26,27)16-5-2-6-19-12-16/h1-6,11-12H,7-10,13H2,(H,20,23)(H2,18,24,25). The molecule has 0 bridgehead atoms. The maximum absolute atomic E-state index is 12.6. The van der Waals surface area contributed by atoms with Gasteiger partial charge in [0.05, 0.1) is 11.4 Å². The van der Waals surface area contributed by atoms with Crippen molar-refractivity contribution in [3.63, 3.8) is 0 Å². The number of sulfonamides is 2. The lowest BCUT2D eigenvalue weighted by Crippen LogP contribution is -2.50. The van der Waals surface area contributed by atoms with Crippen molar-refractivity contribution in [1.29, 1.82) is 0 Å². The van der Waals surface area contributed by atoms with Gasteiger partial charge < -0.3 is 5.32 Å². The van der Waals surface area contributed by atoms with Gasteiger partial charge in [-0.2, -0.15) is 4.31 Å². The predicted molar refractivity (Wildman–Crippen MR) is 106 cm³/mol. The molecule has 0 unspecified atom stereocenters. The average molecular weight is 440 g/mol. The fourth-order valence-electron chi connectivity index (χ4n) is 2.93. The van der Waals surface area contributed by atoms with Gasteiger partial charge in [-0.15, -0.1) is 0 Å². The minimum absolute atomic E-state index is 0.0559. The fourth-order valence-corrected chi connectivity index (χ4v) is 4.88. The molecule has 0 aliphatic carbocycles. The lowest BCUT2D eigenvalue weighted by atomic mass is 10.3. The first-order valence-electron chi connectivity index (χ1n) is 8.71. The van der Waals surface area contributed by atoms with Crippen molar-refractivity contribution < 1.29 is 21.6 Å². The highest BCUT2D eigenvalue weighted by Crippen LogP contribution is 2.17. The van der Waals surface area contributed by atoms with E-state index in [0.29, 0.717) is 18.8 Å². The Bertz CT molecular complexity index is 1080. The van der Waals surface area contributed by atoms with Gasteiger partial charge in [0.2, 0.25) is 26.0 Å². The second kappa shape index (κ2) is 8.55. The van der Waals surface area contributed by atoms with E-state index in [1.807, 2.05) is 4.90 Å². The van der Waals surface area contributed by atoms with Crippen LogP contribution in [-0.4, -0.2) is 69.7 Å². The average Bonchev–Trinajstić information content (AvgIpc) is 2.68. The molecule has 2 aromatic rings. The number of nitrogens with zero attached hydrogens (tertiary/aromatic N) is 3. The first-order chi connectivity index (χ1) is 13.7. The number of piperazine rings is 1. The number of carbonyl (C=O) groups is 1. The van der Waals surface area contributed by atoms with Crippen LogP contribution in [0.2, 0.25) is 0 Å². The first-order valence-corrected chi connectivity index (χ1v) is 11.7. The number of primary sulfonamides is 1. The van der Waals surface area contributed by atoms with Crippen LogP contribution in [0.25, 0.3) is 0 Å². The highest BCUT2D eigenvalue weighted by atomic mass is 32.2. The SMILES string of the molecule is NS(=O)(=O)c1cccc(NC(=O)CN2CCN(S(=O)(=O)c3cccnc3)CC2)c1. The molecular formula is C17H21N5O5S2. The number of pyridine rings is 1. The number of nitrogens with one attached hydrogen (secondary N) is 1. The number of rotatable bonds is 6. The van der Waals surface area contributed by atoms with Gasteiger partial charge in [0.25, 0.3) is 0 Å². The highest BCUT2D eigenvalue weighted by molar-refractivity contribution is 7.89. The van der Waals surface area contributed by atoms with Crippen molar-refractivity contribution in [2.45, 2.75) is 9.79 Å². The number of hydrogen-bond donors (Lipinski definition) is 2. The number of aromatic nitrogens is 1. The van der Waals surface area contributed by atoms with E-state index in [4.69, 9.17) is 5.14 Å². The molecule has 29 heavy (non-hydrogen) atoms. The van der Waals surface area contributed by atoms with Crippen molar-refractivity contribution in [2.24, 2.45) is 5.14 Å². The molecule has 156 valence electrons. The summed E-state index contributed by atoms with van der Waals surface area (Å²) < 4.78 is 49.4. The summed E-state index contributed by atoms with van der Waals surface area (Å²) in [4.78, 5) is 18.0. The summed E-state index contributed by atoms with van der Waals surface area (Å²) in [5.74, 6) is -0.333. The quantitative estimate of drug-likeness (QED) is 0.627. The van der Waals surface area contributed by atoms with Gasteiger partial charge in [0.1, 0.15) is 4.90 Å². The predicted octanol–water partition coefficient (Wildman–Crippen LogP) is -0.326. The van der Waals surface area contributed by atoms with E-state index < -0.39 is 20.0 Å². The van der Waals surface area contributed by atoms with E-state index in [0.717, 1.165) is 0 Å². The molecule has 1 saturated heterocycles. The fraction of sp³-hybridized carbons (Fsp3) is 0.294. The second-order valence-electron chi connectivity index (χ2n) is 6.49. The number of amides is 1. The Morgan fingerprint density at radius 2 is 1.72 bits per heavy atom. The van der Waals surface area contributed by atoms with E-state index in [2.05, 4.69) is 10.3 Å². The van der Waals surface area contributed by atoms with Crippen LogP contribution >= 0.6 is 0 Å². The number of hydrogen-bond acceptors (Lipinski definition) is 7. The summed E-state index contributed by atoms with van der Waals surface area (Å²) >= 11 is 0. The zero-order valence-electron chi connectivity index (χ0n) is 15.4. The van der Waals surface area contributed by atoms with Crippen LogP contribution in [-0.2, 0) is 24.8 Å². The third-order valence-corrected chi connectivity index (χ3v) is 7.21. The molecule has 0 atom stereocenters. The van der Waals surface area contributed by atoms with E-state index in [1.54, 1.807) is 12.1 Å². The van der Waals surface area contributed by atoms with Crippen LogP contribution < -0.4 is 10.5 Å². The Hall–Kier alpha value is -2.38. The van der Waals surface area contributed by atoms with E-state index in [1.165, 1.54) is 41.0 Å². The molecule has 0 saturated carbocycles. The molecule has 0 spiro atoms. The highest BCUT2D eigenvalue weighted by Gasteiger charge is 2.29. The monoisotopic (exact) mass is 439 g/mol. The normalized spacial score (nSPS) is 16.4. The topological polar surface area (TPSA) is 143 Å². The summed E-state index contributed by atoms with van der Waals surface area (Å²) in [7, 11) is -7.47. The first kappa shape index (κ1) is 21.3. The minimum atomic E-state index is -3.86. The number of carbonyl (C=O) groups excluding carboxylic acids is 1. The Balaban J connectivity index is 1.55. The summed E-state index contributed by atoms with van der Waals surface area (Å²) in [5, 5.41) is 7.72. The smallest absolute Gasteiger partial charge is 0.244 e. The third-order valence-electron chi connectivity index (χ3n) is 4.42. The van der Waals surface area contributed by atoms with Crippen molar-refractivity contribution >= 4 is 31.6 Å². The van der Waals surface area contributed by atoms with Crippen LogP contribution in [0.15, 0.2) is 58.6 Å². The molecule has 3 N–H and O–H groups in total. The molecule has 2 heterocycles. The number of benzene rings is 1. The van der Waals surface area contributed by atoms with Crippen molar-refractivity contribution in [1.82, 2.24) is 14.2 Å². The van der Waals surface area contributed by atoms with Gasteiger partial charge in [0.15, 0.2) is 0 Å². The Kier molecular flexibility index (Phi) is 6.29. The summed E-state index contributed by atoms with van der Waals surface area (Å²) in [6.45, 7) is 1.35. The van der Waals surface area contributed by atoms with Crippen molar-refractivity contribution in [3.8, 4) is 0 Å². The zero-order valence-corrected chi connectivity index (χ0v) is 17.1. The van der Waals surface area contributed by atoms with Crippen LogP contribution in [0.5, 0.6) is 0 Å². The van der Waals surface area contributed by atoms with Gasteiger partial charge >= 0.3 is 0 Å². The summed E-state index contributed by atoms with van der Waals surface area (Å²) in [6.07, 6.45) is 2.82. The van der Waals surface area contributed by atoms with Crippen LogP contribution in [0.1, 0.15) is 0 Å². The van der Waals surface area contributed by atoms with Gasteiger partial charge in [-0.1, -0.05) is 6.07 Å². The Morgan fingerprint density at radius 1 is 1.03 bits per heavy atom. The molecule has 1 fully saturated rings. The van der Waals surface area contributed by atoms with Crippen molar-refractivity contribution in [2.75, 3.05) is 38.0 Å². The summed E-state index contributed by atoms with van der Waals surface area (Å²) in [6, 6.07) is 8.73. The molecule has 1 aromatic carbocycles. The van der Waals surface area contributed by atoms with Gasteiger partial charge in [-0.25, -0.2) is 22.0 Å². The Labute approximate surface area is 169 Å². The van der Waals surface area contributed by atoms with Crippen LogP contribution in [0, 0.1) is 0 Å². The molecule has 1 aliphatic rings. The maximum atomic E-state index is 12.6. The Morgan fingerprint density at radius 3 is 2.34 bits per heavy atom. The lowest BCUT2D eigenvalue weighted by molar-refractivity contribution is -0.117. The molecule has 1 amide bonds. The van der Waals surface area contributed by atoms with Gasteiger partial charge in [-0.3, -0.25) is 14.7 Å². The number of nitrogens with two attached hydrogens (primary N) is 1. The van der Waals surface area contributed by atoms with E-state index in [-0.39, 0.29) is 35.3 Å². The van der Waals surface area contributed by atoms with Crippen molar-refractivity contribution in [3.05, 3.63) is 48.8 Å². The molecule has 12 heteroatoms. The largest absolute Gasteiger partial charge is 0.325 e.